The van der Waals surface area contributed by atoms with Crippen LogP contribution in [0.1, 0.15) is 0 Å². The van der Waals surface area contributed by atoms with Crippen molar-refractivity contribution in [3.05, 3.63) is 0 Å². The number of hydrogen-bond acceptors (Lipinski definition) is 5. The monoisotopic (exact) mass is 238 g/mol. The van der Waals surface area contributed by atoms with Crippen molar-refractivity contribution >= 4 is 34.7 Å². The molecule has 0 saturated carbocycles. The van der Waals surface area contributed by atoms with Crippen molar-refractivity contribution in [1.82, 2.24) is 5.43 Å². The minimum atomic E-state index is -3.05. The van der Waals surface area contributed by atoms with E-state index in [1.807, 2.05) is 0 Å². The lowest BCUT2D eigenvalue weighted by atomic mass is 10.2. The Bertz CT molecular complexity index is 220. The zero-order valence-corrected chi connectivity index (χ0v) is 8.58. The van der Waals surface area contributed by atoms with Gasteiger partial charge in [-0.25, -0.2) is 8.42 Å². The van der Waals surface area contributed by atoms with Gasteiger partial charge in [0.1, 0.15) is 0 Å². The number of halogens is 2. The number of aliphatic hydroxyl groups excluding tert-OH is 1. The van der Waals surface area contributed by atoms with Gasteiger partial charge in [-0.2, -0.15) is 0 Å². The molecule has 0 amide bonds. The molecule has 0 radical (unpaired) electrons. The average Bonchev–Trinajstić information content (AvgIpc) is 2.05. The number of hydrazine groups is 1. The number of aliphatic hydroxyl groups is 1. The third-order valence-electron chi connectivity index (χ3n) is 1.54. The molecule has 0 bridgehead atoms. The molecule has 12 heavy (non-hydrogen) atoms. The van der Waals surface area contributed by atoms with Crippen LogP contribution in [-0.4, -0.2) is 37.2 Å². The lowest BCUT2D eigenvalue weighted by Crippen LogP contribution is -2.43. The fourth-order valence-corrected chi connectivity index (χ4v) is 2.74. The van der Waals surface area contributed by atoms with Crippen molar-refractivity contribution in [1.29, 1.82) is 0 Å². The summed E-state index contributed by atoms with van der Waals surface area (Å²) in [7, 11) is -3.05. The fourth-order valence-electron chi connectivity index (χ4n) is 0.988. The van der Waals surface area contributed by atoms with Crippen molar-refractivity contribution in [2.24, 2.45) is 5.84 Å². The average molecular weight is 239 g/mol. The summed E-state index contributed by atoms with van der Waals surface area (Å²) in [6.07, 6.45) is -0.852. The Morgan fingerprint density at radius 1 is 1.33 bits per heavy atom. The van der Waals surface area contributed by atoms with Gasteiger partial charge in [0.15, 0.2) is 9.84 Å². The lowest BCUT2D eigenvalue weighted by molar-refractivity contribution is 0.166. The first-order valence-electron chi connectivity index (χ1n) is 2.90. The lowest BCUT2D eigenvalue weighted by Gasteiger charge is -2.08. The number of nitrogens with one attached hydrogen (secondary N) is 1. The van der Waals surface area contributed by atoms with Crippen LogP contribution in [0.5, 0.6) is 0 Å². The van der Waals surface area contributed by atoms with Crippen LogP contribution in [-0.2, 0) is 9.84 Å². The highest BCUT2D eigenvalue weighted by molar-refractivity contribution is 7.91. The molecule has 1 heterocycles. The van der Waals surface area contributed by atoms with Crippen LogP contribution in [0.3, 0.4) is 0 Å². The van der Waals surface area contributed by atoms with Crippen molar-refractivity contribution in [3.8, 4) is 0 Å². The Kier molecular flexibility index (Phi) is 6.47. The first-order valence-corrected chi connectivity index (χ1v) is 4.72. The number of rotatable bonds is 1. The van der Waals surface area contributed by atoms with E-state index in [2.05, 4.69) is 5.43 Å². The molecule has 1 fully saturated rings. The van der Waals surface area contributed by atoms with Crippen LogP contribution in [0, 0.1) is 0 Å². The van der Waals surface area contributed by atoms with Crippen LogP contribution < -0.4 is 11.3 Å². The van der Waals surface area contributed by atoms with E-state index in [9.17, 15) is 8.42 Å². The summed E-state index contributed by atoms with van der Waals surface area (Å²) in [5, 5.41) is 9.00. The second-order valence-corrected chi connectivity index (χ2v) is 4.57. The molecule has 0 aromatic carbocycles. The van der Waals surface area contributed by atoms with E-state index < -0.39 is 22.0 Å². The Labute approximate surface area is 83.4 Å². The number of hydrogen-bond donors (Lipinski definition) is 3. The van der Waals surface area contributed by atoms with Crippen molar-refractivity contribution in [2.75, 3.05) is 11.5 Å². The minimum Gasteiger partial charge on any atom is -0.390 e. The van der Waals surface area contributed by atoms with E-state index in [0.29, 0.717) is 0 Å². The first kappa shape index (κ1) is 14.9. The molecular weight excluding hydrogens is 227 g/mol. The highest BCUT2D eigenvalue weighted by Gasteiger charge is 2.35. The second-order valence-electron chi connectivity index (χ2n) is 2.42. The van der Waals surface area contributed by atoms with Gasteiger partial charge < -0.3 is 5.11 Å². The van der Waals surface area contributed by atoms with E-state index in [-0.39, 0.29) is 36.3 Å². The summed E-state index contributed by atoms with van der Waals surface area (Å²) >= 11 is 0. The molecule has 0 aromatic heterocycles. The third kappa shape index (κ3) is 3.42. The molecule has 1 aliphatic heterocycles. The molecule has 2 atom stereocenters. The molecule has 0 aliphatic carbocycles. The molecule has 1 rings (SSSR count). The van der Waals surface area contributed by atoms with Gasteiger partial charge in [0.25, 0.3) is 0 Å². The maximum Gasteiger partial charge on any atom is 0.154 e. The van der Waals surface area contributed by atoms with Gasteiger partial charge in [-0.15, -0.1) is 24.8 Å². The van der Waals surface area contributed by atoms with Crippen molar-refractivity contribution < 1.29 is 13.5 Å². The summed E-state index contributed by atoms with van der Waals surface area (Å²) in [5.41, 5.74) is 2.24. The molecular formula is C4H12Cl2N2O3S. The van der Waals surface area contributed by atoms with Gasteiger partial charge in [0.2, 0.25) is 0 Å². The van der Waals surface area contributed by atoms with Gasteiger partial charge in [-0.1, -0.05) is 0 Å². The molecule has 0 spiro atoms. The van der Waals surface area contributed by atoms with Crippen LogP contribution in [0.15, 0.2) is 0 Å². The number of sulfone groups is 1. The zero-order valence-electron chi connectivity index (χ0n) is 6.13. The number of nitrogens with two attached hydrogens (primary N) is 1. The van der Waals surface area contributed by atoms with E-state index in [4.69, 9.17) is 10.9 Å². The molecule has 76 valence electrons. The van der Waals surface area contributed by atoms with Gasteiger partial charge in [-0.3, -0.25) is 11.3 Å². The van der Waals surface area contributed by atoms with Crippen LogP contribution >= 0.6 is 24.8 Å². The SMILES string of the molecule is Cl.Cl.NNC1CS(=O)(=O)CC1O. The maximum absolute atomic E-state index is 10.8. The standard InChI is InChI=1S/C4H10N2O3S.2ClH/c5-6-3-1-10(8,9)2-4(3)7;;/h3-4,6-7H,1-2,5H2;2*1H. The van der Waals surface area contributed by atoms with E-state index >= 15 is 0 Å². The summed E-state index contributed by atoms with van der Waals surface area (Å²) in [6, 6.07) is -0.495. The quantitative estimate of drug-likeness (QED) is 0.380. The predicted molar refractivity (Wildman–Crippen MR) is 50.3 cm³/mol. The van der Waals surface area contributed by atoms with Gasteiger partial charge in [0.05, 0.1) is 23.7 Å². The van der Waals surface area contributed by atoms with E-state index in [0.717, 1.165) is 0 Å². The fraction of sp³-hybridized carbons (Fsp3) is 1.00. The minimum absolute atomic E-state index is 0. The molecule has 5 nitrogen and oxygen atoms in total. The van der Waals surface area contributed by atoms with Crippen LogP contribution in [0.25, 0.3) is 0 Å². The summed E-state index contributed by atoms with van der Waals surface area (Å²) in [6.45, 7) is 0. The Morgan fingerprint density at radius 3 is 2.00 bits per heavy atom. The van der Waals surface area contributed by atoms with Crippen LogP contribution in [0.2, 0.25) is 0 Å². The summed E-state index contributed by atoms with van der Waals surface area (Å²) < 4.78 is 21.5. The zero-order chi connectivity index (χ0) is 7.78. The summed E-state index contributed by atoms with van der Waals surface area (Å²) in [5.74, 6) is 4.73. The largest absolute Gasteiger partial charge is 0.390 e. The van der Waals surface area contributed by atoms with Gasteiger partial charge >= 0.3 is 0 Å². The Balaban J connectivity index is 0. The van der Waals surface area contributed by atoms with E-state index in [1.54, 1.807) is 0 Å². The molecule has 1 aliphatic rings. The summed E-state index contributed by atoms with van der Waals surface area (Å²) in [4.78, 5) is 0. The van der Waals surface area contributed by atoms with Crippen LogP contribution in [0.4, 0.5) is 0 Å². The second kappa shape index (κ2) is 5.21. The molecule has 0 aromatic rings. The molecule has 8 heteroatoms. The highest BCUT2D eigenvalue weighted by Crippen LogP contribution is 2.10. The molecule has 1 saturated heterocycles. The normalized spacial score (nSPS) is 31.8. The third-order valence-corrected chi connectivity index (χ3v) is 3.25. The highest BCUT2D eigenvalue weighted by atomic mass is 35.5. The topological polar surface area (TPSA) is 92.4 Å². The molecule has 4 N–H and O–H groups in total. The van der Waals surface area contributed by atoms with E-state index in [1.165, 1.54) is 0 Å². The van der Waals surface area contributed by atoms with Crippen molar-refractivity contribution in [2.45, 2.75) is 12.1 Å². The van der Waals surface area contributed by atoms with Crippen molar-refractivity contribution in [3.63, 3.8) is 0 Å². The Morgan fingerprint density at radius 2 is 1.83 bits per heavy atom. The Hall–Kier alpha value is 0.410. The first-order chi connectivity index (χ1) is 4.55. The maximum atomic E-state index is 10.8. The van der Waals surface area contributed by atoms with Gasteiger partial charge in [0, 0.05) is 0 Å². The molecule has 2 unspecified atom stereocenters. The van der Waals surface area contributed by atoms with Gasteiger partial charge in [-0.05, 0) is 0 Å². The smallest absolute Gasteiger partial charge is 0.154 e. The predicted octanol–water partition coefficient (Wildman–Crippen LogP) is -1.55.